The summed E-state index contributed by atoms with van der Waals surface area (Å²) in [6.07, 6.45) is 0. The number of rotatable bonds is 3. The Morgan fingerprint density at radius 2 is 2.11 bits per heavy atom. The van der Waals surface area contributed by atoms with Gasteiger partial charge in [0.15, 0.2) is 0 Å². The normalized spacial score (nSPS) is 16.8. The molecule has 0 radical (unpaired) electrons. The van der Waals surface area contributed by atoms with Crippen LogP contribution in [0.25, 0.3) is 0 Å². The summed E-state index contributed by atoms with van der Waals surface area (Å²) in [6, 6.07) is 0. The molecule has 0 aromatic carbocycles. The minimum absolute atomic E-state index is 0.0594. The maximum atomic E-state index is 10.2. The summed E-state index contributed by atoms with van der Waals surface area (Å²) >= 11 is 5.43. The lowest BCUT2D eigenvalue weighted by atomic mass is 9.99. The first kappa shape index (κ1) is 8.76. The maximum Gasteiger partial charge on any atom is 0.306 e. The topological polar surface area (TPSA) is 37.3 Å². The number of carbonyl (C=O) groups is 1. The van der Waals surface area contributed by atoms with Crippen LogP contribution in [-0.2, 0) is 4.79 Å². The summed E-state index contributed by atoms with van der Waals surface area (Å²) in [5.74, 6) is -0.636. The van der Waals surface area contributed by atoms with E-state index in [1.54, 1.807) is 6.92 Å². The Morgan fingerprint density at radius 1 is 1.67 bits per heavy atom. The van der Waals surface area contributed by atoms with Crippen molar-refractivity contribution in [2.24, 2.45) is 11.8 Å². The lowest BCUT2D eigenvalue weighted by Crippen LogP contribution is -2.18. The summed E-state index contributed by atoms with van der Waals surface area (Å²) in [7, 11) is 0. The van der Waals surface area contributed by atoms with Gasteiger partial charge in [-0.1, -0.05) is 13.8 Å². The standard InChI is InChI=1S/C6H11ClO2/c1-4(3-7)5(2)6(8)9/h4-5H,3H2,1-2H3,(H,8,9). The van der Waals surface area contributed by atoms with Crippen LogP contribution in [0.5, 0.6) is 0 Å². The third-order valence-electron chi connectivity index (χ3n) is 1.49. The molecule has 0 aromatic rings. The Labute approximate surface area is 59.8 Å². The average Bonchev–Trinajstić information content (AvgIpc) is 1.84. The fourth-order valence-electron chi connectivity index (χ4n) is 0.377. The van der Waals surface area contributed by atoms with Gasteiger partial charge in [0.25, 0.3) is 0 Å². The molecule has 0 fully saturated rings. The van der Waals surface area contributed by atoms with Crippen LogP contribution in [0.1, 0.15) is 13.8 Å². The molecular formula is C6H11ClO2. The third-order valence-corrected chi connectivity index (χ3v) is 1.97. The van der Waals surface area contributed by atoms with Crippen molar-refractivity contribution in [2.75, 3.05) is 5.88 Å². The lowest BCUT2D eigenvalue weighted by Gasteiger charge is -2.10. The van der Waals surface area contributed by atoms with Crippen LogP contribution >= 0.6 is 11.6 Å². The molecule has 54 valence electrons. The van der Waals surface area contributed by atoms with E-state index in [1.807, 2.05) is 6.92 Å². The van der Waals surface area contributed by atoms with Gasteiger partial charge in [-0.05, 0) is 5.92 Å². The molecule has 0 aliphatic rings. The number of hydrogen-bond acceptors (Lipinski definition) is 1. The molecule has 3 heteroatoms. The molecule has 0 aliphatic carbocycles. The molecule has 9 heavy (non-hydrogen) atoms. The molecule has 0 aromatic heterocycles. The number of carboxylic acid groups (broad SMARTS) is 1. The van der Waals surface area contributed by atoms with Gasteiger partial charge >= 0.3 is 5.97 Å². The molecule has 0 aliphatic heterocycles. The van der Waals surface area contributed by atoms with Crippen molar-refractivity contribution in [3.63, 3.8) is 0 Å². The zero-order valence-electron chi connectivity index (χ0n) is 5.60. The van der Waals surface area contributed by atoms with Gasteiger partial charge in [0.2, 0.25) is 0 Å². The minimum Gasteiger partial charge on any atom is -0.481 e. The van der Waals surface area contributed by atoms with E-state index in [-0.39, 0.29) is 11.8 Å². The monoisotopic (exact) mass is 150 g/mol. The van der Waals surface area contributed by atoms with Gasteiger partial charge in [0, 0.05) is 5.88 Å². The Kier molecular flexibility index (Phi) is 3.62. The second kappa shape index (κ2) is 3.72. The van der Waals surface area contributed by atoms with Gasteiger partial charge in [0.1, 0.15) is 0 Å². The Balaban J connectivity index is 3.72. The third kappa shape index (κ3) is 2.70. The average molecular weight is 151 g/mol. The molecule has 0 bridgehead atoms. The van der Waals surface area contributed by atoms with Crippen molar-refractivity contribution in [1.29, 1.82) is 0 Å². The molecule has 2 unspecified atom stereocenters. The Hall–Kier alpha value is -0.240. The second-order valence-corrected chi connectivity index (χ2v) is 2.57. The van der Waals surface area contributed by atoms with Crippen LogP contribution in [0.2, 0.25) is 0 Å². The van der Waals surface area contributed by atoms with Crippen molar-refractivity contribution in [1.82, 2.24) is 0 Å². The van der Waals surface area contributed by atoms with Crippen molar-refractivity contribution >= 4 is 17.6 Å². The molecule has 0 amide bonds. The molecule has 0 saturated heterocycles. The SMILES string of the molecule is CC(CCl)C(C)C(=O)O. The fraction of sp³-hybridized carbons (Fsp3) is 0.833. The minimum atomic E-state index is -0.775. The van der Waals surface area contributed by atoms with Crippen LogP contribution in [0, 0.1) is 11.8 Å². The number of halogens is 1. The highest BCUT2D eigenvalue weighted by molar-refractivity contribution is 6.18. The van der Waals surface area contributed by atoms with Crippen LogP contribution in [-0.4, -0.2) is 17.0 Å². The van der Waals surface area contributed by atoms with Crippen molar-refractivity contribution in [2.45, 2.75) is 13.8 Å². The van der Waals surface area contributed by atoms with Crippen LogP contribution < -0.4 is 0 Å². The van der Waals surface area contributed by atoms with E-state index in [0.29, 0.717) is 5.88 Å². The summed E-state index contributed by atoms with van der Waals surface area (Å²) in [4.78, 5) is 10.2. The number of hydrogen-bond donors (Lipinski definition) is 1. The molecule has 0 heterocycles. The first-order valence-electron chi connectivity index (χ1n) is 2.88. The van der Waals surface area contributed by atoms with E-state index < -0.39 is 5.97 Å². The van der Waals surface area contributed by atoms with Gasteiger partial charge in [-0.3, -0.25) is 4.79 Å². The van der Waals surface area contributed by atoms with Crippen molar-refractivity contribution in [3.05, 3.63) is 0 Å². The number of alkyl halides is 1. The highest BCUT2D eigenvalue weighted by Gasteiger charge is 2.17. The molecule has 0 rings (SSSR count). The molecular weight excluding hydrogens is 140 g/mol. The van der Waals surface area contributed by atoms with Crippen molar-refractivity contribution < 1.29 is 9.90 Å². The summed E-state index contributed by atoms with van der Waals surface area (Å²) in [6.45, 7) is 3.49. The van der Waals surface area contributed by atoms with Gasteiger partial charge in [0.05, 0.1) is 5.92 Å². The zero-order valence-corrected chi connectivity index (χ0v) is 6.35. The molecule has 2 atom stereocenters. The van der Waals surface area contributed by atoms with E-state index in [1.165, 1.54) is 0 Å². The van der Waals surface area contributed by atoms with Crippen LogP contribution in [0.4, 0.5) is 0 Å². The quantitative estimate of drug-likeness (QED) is 0.621. The molecule has 0 saturated carbocycles. The highest BCUT2D eigenvalue weighted by Crippen LogP contribution is 2.11. The fourth-order valence-corrected chi connectivity index (χ4v) is 0.644. The molecule has 0 spiro atoms. The van der Waals surface area contributed by atoms with Crippen molar-refractivity contribution in [3.8, 4) is 0 Å². The van der Waals surface area contributed by atoms with E-state index in [2.05, 4.69) is 0 Å². The summed E-state index contributed by atoms with van der Waals surface area (Å²) < 4.78 is 0. The van der Waals surface area contributed by atoms with Gasteiger partial charge in [-0.15, -0.1) is 11.6 Å². The smallest absolute Gasteiger partial charge is 0.306 e. The summed E-state index contributed by atoms with van der Waals surface area (Å²) in [5, 5.41) is 8.42. The van der Waals surface area contributed by atoms with Gasteiger partial charge in [-0.2, -0.15) is 0 Å². The summed E-state index contributed by atoms with van der Waals surface area (Å²) in [5.41, 5.74) is 0. The number of carboxylic acids is 1. The van der Waals surface area contributed by atoms with Crippen LogP contribution in [0.3, 0.4) is 0 Å². The Morgan fingerprint density at radius 3 is 2.22 bits per heavy atom. The van der Waals surface area contributed by atoms with E-state index in [0.717, 1.165) is 0 Å². The highest BCUT2D eigenvalue weighted by atomic mass is 35.5. The maximum absolute atomic E-state index is 10.2. The van der Waals surface area contributed by atoms with Gasteiger partial charge in [-0.25, -0.2) is 0 Å². The molecule has 2 nitrogen and oxygen atoms in total. The van der Waals surface area contributed by atoms with E-state index in [9.17, 15) is 4.79 Å². The largest absolute Gasteiger partial charge is 0.481 e. The van der Waals surface area contributed by atoms with E-state index >= 15 is 0 Å². The second-order valence-electron chi connectivity index (χ2n) is 2.26. The predicted molar refractivity (Wildman–Crippen MR) is 36.7 cm³/mol. The Bertz CT molecular complexity index is 103. The lowest BCUT2D eigenvalue weighted by molar-refractivity contribution is -0.142. The van der Waals surface area contributed by atoms with Crippen LogP contribution in [0.15, 0.2) is 0 Å². The zero-order chi connectivity index (χ0) is 7.44. The number of aliphatic carboxylic acids is 1. The first-order chi connectivity index (χ1) is 4.09. The van der Waals surface area contributed by atoms with E-state index in [4.69, 9.17) is 16.7 Å². The van der Waals surface area contributed by atoms with Gasteiger partial charge < -0.3 is 5.11 Å². The molecule has 1 N–H and O–H groups in total. The predicted octanol–water partition coefficient (Wildman–Crippen LogP) is 1.58. The first-order valence-corrected chi connectivity index (χ1v) is 3.41.